The lowest BCUT2D eigenvalue weighted by molar-refractivity contribution is -0.133. The number of benzene rings is 1. The van der Waals surface area contributed by atoms with Crippen molar-refractivity contribution in [2.24, 2.45) is 0 Å². The topological polar surface area (TPSA) is 66.9 Å². The van der Waals surface area contributed by atoms with Crippen LogP contribution in [0.25, 0.3) is 0 Å². The molecule has 1 aliphatic heterocycles. The van der Waals surface area contributed by atoms with E-state index in [4.69, 9.17) is 4.74 Å². The summed E-state index contributed by atoms with van der Waals surface area (Å²) in [5, 5.41) is 0. The first-order chi connectivity index (χ1) is 11.9. The highest BCUT2D eigenvalue weighted by Crippen LogP contribution is 2.30. The van der Waals surface area contributed by atoms with Gasteiger partial charge in [0.05, 0.1) is 25.2 Å². The van der Waals surface area contributed by atoms with Gasteiger partial charge in [0.15, 0.2) is 9.84 Å². The minimum atomic E-state index is -2.99. The van der Waals surface area contributed by atoms with E-state index in [-0.39, 0.29) is 23.5 Å². The highest BCUT2D eigenvalue weighted by atomic mass is 32.2. The lowest BCUT2D eigenvalue weighted by Crippen LogP contribution is -2.44. The molecule has 0 spiro atoms. The fraction of sp³-hybridized carbons (Fsp3) is 0.611. The summed E-state index contributed by atoms with van der Waals surface area (Å²) in [5.74, 6) is 1.09. The summed E-state index contributed by atoms with van der Waals surface area (Å²) in [7, 11) is 0.389. The first-order valence-electron chi connectivity index (χ1n) is 8.71. The third-order valence-corrected chi connectivity index (χ3v) is 6.87. The van der Waals surface area contributed by atoms with Crippen LogP contribution in [0.2, 0.25) is 0 Å². The molecule has 0 bridgehead atoms. The Balaban J connectivity index is 1.65. The first kappa shape index (κ1) is 18.2. The summed E-state index contributed by atoms with van der Waals surface area (Å²) < 4.78 is 28.7. The Morgan fingerprint density at radius 3 is 2.52 bits per heavy atom. The van der Waals surface area contributed by atoms with Gasteiger partial charge in [-0.05, 0) is 25.3 Å². The Hall–Kier alpha value is -1.60. The maximum atomic E-state index is 12.7. The molecule has 6 nitrogen and oxygen atoms in total. The second-order valence-electron chi connectivity index (χ2n) is 7.01. The van der Waals surface area contributed by atoms with Gasteiger partial charge in [-0.2, -0.15) is 0 Å². The lowest BCUT2D eigenvalue weighted by Gasteiger charge is -2.28. The van der Waals surface area contributed by atoms with Crippen molar-refractivity contribution in [3.05, 3.63) is 29.8 Å². The summed E-state index contributed by atoms with van der Waals surface area (Å²) >= 11 is 0. The number of sulfone groups is 1. The number of carbonyl (C=O) groups is 1. The van der Waals surface area contributed by atoms with Crippen LogP contribution in [0.3, 0.4) is 0 Å². The number of carbonyl (C=O) groups excluding carboxylic acids is 1. The van der Waals surface area contributed by atoms with Gasteiger partial charge in [0, 0.05) is 31.2 Å². The van der Waals surface area contributed by atoms with Crippen LogP contribution in [0.1, 0.15) is 24.8 Å². The van der Waals surface area contributed by atoms with E-state index in [1.54, 1.807) is 19.1 Å². The molecule has 1 unspecified atom stereocenters. The number of ether oxygens (including phenoxy) is 1. The molecule has 2 aliphatic rings. The zero-order valence-electron chi connectivity index (χ0n) is 14.8. The van der Waals surface area contributed by atoms with E-state index in [1.807, 2.05) is 24.3 Å². The largest absolute Gasteiger partial charge is 0.496 e. The van der Waals surface area contributed by atoms with Gasteiger partial charge in [-0.3, -0.25) is 9.69 Å². The molecule has 1 aromatic carbocycles. The summed E-state index contributed by atoms with van der Waals surface area (Å²) in [6, 6.07) is 8.09. The van der Waals surface area contributed by atoms with Crippen molar-refractivity contribution in [3.8, 4) is 5.75 Å². The summed E-state index contributed by atoms with van der Waals surface area (Å²) in [4.78, 5) is 16.5. The Labute approximate surface area is 149 Å². The Kier molecular flexibility index (Phi) is 5.34. The second-order valence-corrected chi connectivity index (χ2v) is 9.24. The average molecular weight is 366 g/mol. The van der Waals surface area contributed by atoms with Crippen LogP contribution in [0.5, 0.6) is 5.75 Å². The van der Waals surface area contributed by atoms with Crippen LogP contribution in [0.15, 0.2) is 24.3 Å². The van der Waals surface area contributed by atoms with E-state index in [9.17, 15) is 13.2 Å². The maximum Gasteiger partial charge on any atom is 0.236 e. The molecule has 1 saturated carbocycles. The van der Waals surface area contributed by atoms with Crippen molar-refractivity contribution < 1.29 is 17.9 Å². The quantitative estimate of drug-likeness (QED) is 0.728. The van der Waals surface area contributed by atoms with E-state index in [0.717, 1.165) is 24.2 Å². The molecule has 7 heteroatoms. The number of para-hydroxylation sites is 1. The van der Waals surface area contributed by atoms with Crippen molar-refractivity contribution in [2.45, 2.75) is 37.9 Å². The molecule has 1 atom stereocenters. The number of rotatable bonds is 7. The minimum Gasteiger partial charge on any atom is -0.496 e. The van der Waals surface area contributed by atoms with Gasteiger partial charge in [-0.15, -0.1) is 0 Å². The highest BCUT2D eigenvalue weighted by molar-refractivity contribution is 7.91. The molecule has 1 saturated heterocycles. The standard InChI is InChI=1S/C18H26N2O4S/c1-19(16-9-10-25(22,23)13-16)18(21)12-20(15-7-8-15)11-14-5-3-4-6-17(14)24-2/h3-6,15-16H,7-13H2,1-2H3. The van der Waals surface area contributed by atoms with Crippen LogP contribution in [0, 0.1) is 0 Å². The normalized spacial score (nSPS) is 22.1. The second kappa shape index (κ2) is 7.33. The number of nitrogens with zero attached hydrogens (tertiary/aromatic N) is 2. The van der Waals surface area contributed by atoms with E-state index < -0.39 is 9.84 Å². The van der Waals surface area contributed by atoms with E-state index >= 15 is 0 Å². The van der Waals surface area contributed by atoms with Gasteiger partial charge in [-0.1, -0.05) is 18.2 Å². The van der Waals surface area contributed by atoms with Crippen LogP contribution in [-0.2, 0) is 21.2 Å². The zero-order valence-corrected chi connectivity index (χ0v) is 15.7. The van der Waals surface area contributed by atoms with Gasteiger partial charge in [0.1, 0.15) is 5.75 Å². The van der Waals surface area contributed by atoms with Crippen LogP contribution in [-0.4, -0.2) is 68.4 Å². The summed E-state index contributed by atoms with van der Waals surface area (Å²) in [5.41, 5.74) is 1.07. The fourth-order valence-electron chi connectivity index (χ4n) is 3.38. The number of methoxy groups -OCH3 is 1. The zero-order chi connectivity index (χ0) is 18.0. The maximum absolute atomic E-state index is 12.7. The molecule has 1 heterocycles. The molecule has 1 aromatic rings. The van der Waals surface area contributed by atoms with E-state index in [1.165, 1.54) is 0 Å². The predicted octanol–water partition coefficient (Wildman–Crippen LogP) is 1.31. The SMILES string of the molecule is COc1ccccc1CN(CC(=O)N(C)C1CCS(=O)(=O)C1)C1CC1. The smallest absolute Gasteiger partial charge is 0.236 e. The third kappa shape index (κ3) is 4.52. The lowest BCUT2D eigenvalue weighted by atomic mass is 10.1. The molecule has 0 N–H and O–H groups in total. The highest BCUT2D eigenvalue weighted by Gasteiger charge is 2.35. The van der Waals surface area contributed by atoms with Crippen molar-refractivity contribution >= 4 is 15.7 Å². The number of likely N-dealkylation sites (N-methyl/N-ethyl adjacent to an activating group) is 1. The summed E-state index contributed by atoms with van der Waals surface area (Å²) in [6.07, 6.45) is 2.74. The van der Waals surface area contributed by atoms with Crippen molar-refractivity contribution in [1.29, 1.82) is 0 Å². The molecule has 1 aliphatic carbocycles. The molecule has 25 heavy (non-hydrogen) atoms. The van der Waals surface area contributed by atoms with Gasteiger partial charge in [0.2, 0.25) is 5.91 Å². The molecule has 1 amide bonds. The van der Waals surface area contributed by atoms with Gasteiger partial charge in [0.25, 0.3) is 0 Å². The Bertz CT molecular complexity index is 730. The molecular weight excluding hydrogens is 340 g/mol. The number of hydrogen-bond acceptors (Lipinski definition) is 5. The van der Waals surface area contributed by atoms with Crippen LogP contribution >= 0.6 is 0 Å². The van der Waals surface area contributed by atoms with E-state index in [0.29, 0.717) is 25.6 Å². The molecule has 138 valence electrons. The Morgan fingerprint density at radius 2 is 1.92 bits per heavy atom. The third-order valence-electron chi connectivity index (χ3n) is 5.12. The van der Waals surface area contributed by atoms with Crippen molar-refractivity contribution in [2.75, 3.05) is 32.2 Å². The number of amides is 1. The molecule has 0 aromatic heterocycles. The molecule has 2 fully saturated rings. The summed E-state index contributed by atoms with van der Waals surface area (Å²) in [6.45, 7) is 0.979. The van der Waals surface area contributed by atoms with Gasteiger partial charge >= 0.3 is 0 Å². The molecule has 3 rings (SSSR count). The average Bonchev–Trinajstić information content (AvgIpc) is 3.37. The monoisotopic (exact) mass is 366 g/mol. The van der Waals surface area contributed by atoms with Gasteiger partial charge < -0.3 is 9.64 Å². The van der Waals surface area contributed by atoms with Crippen LogP contribution < -0.4 is 4.74 Å². The number of hydrogen-bond donors (Lipinski definition) is 0. The molecular formula is C18H26N2O4S. The first-order valence-corrected chi connectivity index (χ1v) is 10.5. The van der Waals surface area contributed by atoms with Crippen molar-refractivity contribution in [3.63, 3.8) is 0 Å². The fourth-order valence-corrected chi connectivity index (χ4v) is 5.15. The Morgan fingerprint density at radius 1 is 1.20 bits per heavy atom. The predicted molar refractivity (Wildman–Crippen MR) is 96.3 cm³/mol. The van der Waals surface area contributed by atoms with Crippen molar-refractivity contribution in [1.82, 2.24) is 9.80 Å². The molecule has 0 radical (unpaired) electrons. The van der Waals surface area contributed by atoms with E-state index in [2.05, 4.69) is 4.90 Å². The van der Waals surface area contributed by atoms with Gasteiger partial charge in [-0.25, -0.2) is 8.42 Å². The van der Waals surface area contributed by atoms with Crippen LogP contribution in [0.4, 0.5) is 0 Å². The minimum absolute atomic E-state index is 0.0103.